The third-order valence-electron chi connectivity index (χ3n) is 5.61. The first-order chi connectivity index (χ1) is 13.1. The number of carbonyl (C=O) groups excluding carboxylic acids is 2. The van der Waals surface area contributed by atoms with Crippen molar-refractivity contribution in [2.45, 2.75) is 51.2 Å². The molecule has 3 rings (SSSR count). The van der Waals surface area contributed by atoms with E-state index in [1.165, 1.54) is 37.9 Å². The van der Waals surface area contributed by atoms with Gasteiger partial charge in [0.15, 0.2) is 0 Å². The molecule has 0 aromatic heterocycles. The molecule has 2 aliphatic heterocycles. The summed E-state index contributed by atoms with van der Waals surface area (Å²) < 4.78 is 0. The number of hydrogen-bond acceptors (Lipinski definition) is 4. The number of likely N-dealkylation sites (N-methyl/N-ethyl adjacent to an activating group) is 2. The van der Waals surface area contributed by atoms with E-state index in [-0.39, 0.29) is 23.9 Å². The molecule has 2 atom stereocenters. The van der Waals surface area contributed by atoms with Gasteiger partial charge in [-0.1, -0.05) is 18.6 Å². The zero-order valence-corrected chi connectivity index (χ0v) is 16.5. The SMILES string of the molecule is CCNC(=O)[C@@H]1C[C@H](NC(=O)c2ccc(CN3CCCCC3)cc2)CN1C. The highest BCUT2D eigenvalue weighted by molar-refractivity contribution is 5.94. The Bertz CT molecular complexity index is 640. The molecule has 2 fully saturated rings. The molecule has 0 radical (unpaired) electrons. The molecule has 2 aliphatic rings. The zero-order valence-electron chi connectivity index (χ0n) is 16.5. The predicted molar refractivity (Wildman–Crippen MR) is 107 cm³/mol. The fourth-order valence-corrected chi connectivity index (χ4v) is 4.11. The molecule has 2 amide bonds. The highest BCUT2D eigenvalue weighted by Crippen LogP contribution is 2.17. The Morgan fingerprint density at radius 3 is 2.48 bits per heavy atom. The van der Waals surface area contributed by atoms with Crippen LogP contribution in [0.1, 0.15) is 48.5 Å². The molecule has 0 bridgehead atoms. The van der Waals surface area contributed by atoms with Gasteiger partial charge in [-0.05, 0) is 64.0 Å². The molecule has 6 nitrogen and oxygen atoms in total. The summed E-state index contributed by atoms with van der Waals surface area (Å²) in [5.41, 5.74) is 1.94. The molecule has 2 N–H and O–H groups in total. The molecule has 0 aliphatic carbocycles. The highest BCUT2D eigenvalue weighted by Gasteiger charge is 2.34. The Morgan fingerprint density at radius 2 is 1.81 bits per heavy atom. The van der Waals surface area contributed by atoms with E-state index in [0.717, 1.165) is 6.54 Å². The van der Waals surface area contributed by atoms with Crippen molar-refractivity contribution in [1.29, 1.82) is 0 Å². The quantitative estimate of drug-likeness (QED) is 0.796. The average molecular weight is 373 g/mol. The van der Waals surface area contributed by atoms with Gasteiger partial charge in [0, 0.05) is 31.2 Å². The molecule has 148 valence electrons. The van der Waals surface area contributed by atoms with Crippen molar-refractivity contribution < 1.29 is 9.59 Å². The maximum absolute atomic E-state index is 12.6. The summed E-state index contributed by atoms with van der Waals surface area (Å²) in [6.07, 6.45) is 4.56. The van der Waals surface area contributed by atoms with Gasteiger partial charge in [0.2, 0.25) is 5.91 Å². The third-order valence-corrected chi connectivity index (χ3v) is 5.61. The van der Waals surface area contributed by atoms with Crippen LogP contribution < -0.4 is 10.6 Å². The number of benzene rings is 1. The van der Waals surface area contributed by atoms with Gasteiger partial charge in [0.1, 0.15) is 0 Å². The van der Waals surface area contributed by atoms with Gasteiger partial charge in [-0.3, -0.25) is 19.4 Å². The van der Waals surface area contributed by atoms with Crippen molar-refractivity contribution in [1.82, 2.24) is 20.4 Å². The normalized spacial score (nSPS) is 23.9. The largest absolute Gasteiger partial charge is 0.355 e. The van der Waals surface area contributed by atoms with Crippen molar-refractivity contribution in [2.75, 3.05) is 33.2 Å². The minimum absolute atomic E-state index is 0.00290. The molecule has 27 heavy (non-hydrogen) atoms. The van der Waals surface area contributed by atoms with E-state index in [1.54, 1.807) is 0 Å². The number of rotatable bonds is 6. The number of likely N-dealkylation sites (tertiary alicyclic amines) is 2. The van der Waals surface area contributed by atoms with Crippen molar-refractivity contribution in [3.8, 4) is 0 Å². The molecular formula is C21H32N4O2. The first kappa shape index (κ1) is 19.8. The van der Waals surface area contributed by atoms with E-state index in [0.29, 0.717) is 25.1 Å². The Hall–Kier alpha value is -1.92. The van der Waals surface area contributed by atoms with Crippen LogP contribution in [0, 0.1) is 0 Å². The fourth-order valence-electron chi connectivity index (χ4n) is 4.11. The van der Waals surface area contributed by atoms with Gasteiger partial charge in [0.05, 0.1) is 6.04 Å². The summed E-state index contributed by atoms with van der Waals surface area (Å²) in [6, 6.07) is 7.78. The average Bonchev–Trinajstić information content (AvgIpc) is 3.03. The van der Waals surface area contributed by atoms with Crippen molar-refractivity contribution in [3.05, 3.63) is 35.4 Å². The second-order valence-corrected chi connectivity index (χ2v) is 7.79. The molecule has 6 heteroatoms. The van der Waals surface area contributed by atoms with Crippen LogP contribution in [0.5, 0.6) is 0 Å². The lowest BCUT2D eigenvalue weighted by atomic mass is 10.1. The van der Waals surface area contributed by atoms with E-state index >= 15 is 0 Å². The van der Waals surface area contributed by atoms with E-state index in [4.69, 9.17) is 0 Å². The lowest BCUT2D eigenvalue weighted by Gasteiger charge is -2.26. The lowest BCUT2D eigenvalue weighted by molar-refractivity contribution is -0.124. The molecule has 2 saturated heterocycles. The highest BCUT2D eigenvalue weighted by atomic mass is 16.2. The van der Waals surface area contributed by atoms with Crippen LogP contribution in [0.3, 0.4) is 0 Å². The van der Waals surface area contributed by atoms with Crippen LogP contribution in [0.25, 0.3) is 0 Å². The first-order valence-corrected chi connectivity index (χ1v) is 10.2. The van der Waals surface area contributed by atoms with Gasteiger partial charge in [-0.2, -0.15) is 0 Å². The van der Waals surface area contributed by atoms with Crippen LogP contribution >= 0.6 is 0 Å². The van der Waals surface area contributed by atoms with Crippen LogP contribution in [-0.2, 0) is 11.3 Å². The molecule has 0 saturated carbocycles. The summed E-state index contributed by atoms with van der Waals surface area (Å²) in [4.78, 5) is 29.2. The predicted octanol–water partition coefficient (Wildman–Crippen LogP) is 1.61. The summed E-state index contributed by atoms with van der Waals surface area (Å²) in [5, 5.41) is 5.95. The Morgan fingerprint density at radius 1 is 1.11 bits per heavy atom. The fraction of sp³-hybridized carbons (Fsp3) is 0.619. The maximum Gasteiger partial charge on any atom is 0.251 e. The second-order valence-electron chi connectivity index (χ2n) is 7.79. The van der Waals surface area contributed by atoms with Crippen molar-refractivity contribution in [3.63, 3.8) is 0 Å². The third kappa shape index (κ3) is 5.30. The van der Waals surface area contributed by atoms with Crippen LogP contribution in [-0.4, -0.2) is 66.9 Å². The summed E-state index contributed by atoms with van der Waals surface area (Å²) in [5.74, 6) is -0.0201. The topological polar surface area (TPSA) is 64.7 Å². The first-order valence-electron chi connectivity index (χ1n) is 10.2. The van der Waals surface area contributed by atoms with E-state index in [9.17, 15) is 9.59 Å². The smallest absolute Gasteiger partial charge is 0.251 e. The van der Waals surface area contributed by atoms with Gasteiger partial charge < -0.3 is 10.6 Å². The molecule has 1 aromatic carbocycles. The minimum Gasteiger partial charge on any atom is -0.355 e. The van der Waals surface area contributed by atoms with Gasteiger partial charge >= 0.3 is 0 Å². The Balaban J connectivity index is 1.51. The Kier molecular flexibility index (Phi) is 6.85. The standard InChI is InChI=1S/C21H32N4O2/c1-3-22-21(27)19-13-18(15-24(19)2)23-20(26)17-9-7-16(8-10-17)14-25-11-5-4-6-12-25/h7-10,18-19H,3-6,11-15H2,1-2H3,(H,22,27)(H,23,26)/t18-,19-/m0/s1. The lowest BCUT2D eigenvalue weighted by Crippen LogP contribution is -2.41. The van der Waals surface area contributed by atoms with Gasteiger partial charge in [0.25, 0.3) is 5.91 Å². The molecule has 0 spiro atoms. The van der Waals surface area contributed by atoms with Crippen LogP contribution in [0.15, 0.2) is 24.3 Å². The number of amides is 2. The van der Waals surface area contributed by atoms with Crippen molar-refractivity contribution in [2.24, 2.45) is 0 Å². The monoisotopic (exact) mass is 372 g/mol. The number of piperidine rings is 1. The maximum atomic E-state index is 12.6. The zero-order chi connectivity index (χ0) is 19.2. The number of nitrogens with one attached hydrogen (secondary N) is 2. The molecule has 1 aromatic rings. The minimum atomic E-state index is -0.165. The van der Waals surface area contributed by atoms with Crippen LogP contribution in [0.2, 0.25) is 0 Å². The Labute approximate surface area is 162 Å². The molecular weight excluding hydrogens is 340 g/mol. The second kappa shape index (κ2) is 9.33. The summed E-state index contributed by atoms with van der Waals surface area (Å²) >= 11 is 0. The van der Waals surface area contributed by atoms with Crippen LogP contribution in [0.4, 0.5) is 0 Å². The summed E-state index contributed by atoms with van der Waals surface area (Å²) in [7, 11) is 1.93. The number of nitrogens with zero attached hydrogens (tertiary/aromatic N) is 2. The number of carbonyl (C=O) groups is 2. The summed E-state index contributed by atoms with van der Waals surface area (Å²) in [6.45, 7) is 6.55. The van der Waals surface area contributed by atoms with Gasteiger partial charge in [-0.25, -0.2) is 0 Å². The van der Waals surface area contributed by atoms with E-state index in [2.05, 4.69) is 27.7 Å². The van der Waals surface area contributed by atoms with E-state index in [1.807, 2.05) is 31.0 Å². The number of hydrogen-bond donors (Lipinski definition) is 2. The molecule has 0 unspecified atom stereocenters. The van der Waals surface area contributed by atoms with E-state index < -0.39 is 0 Å². The van der Waals surface area contributed by atoms with Gasteiger partial charge in [-0.15, -0.1) is 0 Å². The molecule has 2 heterocycles. The van der Waals surface area contributed by atoms with Crippen molar-refractivity contribution >= 4 is 11.8 Å².